The zero-order valence-electron chi connectivity index (χ0n) is 10.6. The summed E-state index contributed by atoms with van der Waals surface area (Å²) < 4.78 is 24.5. The lowest BCUT2D eigenvalue weighted by Crippen LogP contribution is -2.00. The fraction of sp³-hybridized carbons (Fsp3) is 0.214. The number of aromatic nitrogens is 1. The molecule has 1 aromatic heterocycles. The predicted molar refractivity (Wildman–Crippen MR) is 70.9 cm³/mol. The van der Waals surface area contributed by atoms with E-state index in [9.17, 15) is 4.39 Å². The second-order valence-electron chi connectivity index (χ2n) is 3.96. The van der Waals surface area contributed by atoms with E-state index >= 15 is 0 Å². The van der Waals surface area contributed by atoms with Crippen LogP contribution >= 0.6 is 0 Å². The second-order valence-corrected chi connectivity index (χ2v) is 3.96. The molecule has 0 aliphatic carbocycles. The average molecular weight is 262 g/mol. The average Bonchev–Trinajstić information content (AvgIpc) is 2.42. The molecule has 1 aromatic carbocycles. The van der Waals surface area contributed by atoms with Gasteiger partial charge >= 0.3 is 0 Å². The summed E-state index contributed by atoms with van der Waals surface area (Å²) in [6, 6.07) is 6.12. The number of hydrogen-bond donors (Lipinski definition) is 1. The van der Waals surface area contributed by atoms with Gasteiger partial charge in [-0.2, -0.15) is 0 Å². The van der Waals surface area contributed by atoms with Gasteiger partial charge in [0.15, 0.2) is 17.3 Å². The molecule has 0 saturated carbocycles. The van der Waals surface area contributed by atoms with Crippen molar-refractivity contribution in [3.63, 3.8) is 0 Å². The van der Waals surface area contributed by atoms with Crippen LogP contribution in [-0.4, -0.2) is 11.6 Å². The first-order valence-corrected chi connectivity index (χ1v) is 6.00. The van der Waals surface area contributed by atoms with Gasteiger partial charge in [0.25, 0.3) is 0 Å². The summed E-state index contributed by atoms with van der Waals surface area (Å²) in [5, 5.41) is 0. The number of hydrogen-bond acceptors (Lipinski definition) is 4. The number of rotatable bonds is 5. The van der Waals surface area contributed by atoms with Crippen LogP contribution in [0, 0.1) is 5.82 Å². The molecule has 19 heavy (non-hydrogen) atoms. The van der Waals surface area contributed by atoms with Gasteiger partial charge < -0.3 is 15.2 Å². The number of nitrogens with two attached hydrogens (primary N) is 1. The predicted octanol–water partition coefficient (Wildman–Crippen LogP) is 3.38. The van der Waals surface area contributed by atoms with Crippen molar-refractivity contribution in [3.8, 4) is 17.2 Å². The van der Waals surface area contributed by atoms with Crippen LogP contribution in [-0.2, 0) is 0 Å². The lowest BCUT2D eigenvalue weighted by molar-refractivity contribution is 0.299. The number of nitrogen functional groups attached to an aromatic ring is 1. The standard InChI is InChI=1S/C14H15FN2O2/c1-2-6-18-13-8-14(12(16)7-11(13)15)19-10-4-3-5-17-9-10/h3-5,7-9H,2,6,16H2,1H3. The molecule has 5 heteroatoms. The van der Waals surface area contributed by atoms with E-state index in [0.717, 1.165) is 6.42 Å². The molecule has 0 saturated heterocycles. The Hall–Kier alpha value is -2.30. The molecular weight excluding hydrogens is 247 g/mol. The van der Waals surface area contributed by atoms with Crippen LogP contribution < -0.4 is 15.2 Å². The molecule has 0 spiro atoms. The maximum Gasteiger partial charge on any atom is 0.167 e. The lowest BCUT2D eigenvalue weighted by Gasteiger charge is -2.11. The molecule has 0 atom stereocenters. The zero-order chi connectivity index (χ0) is 13.7. The molecular formula is C14H15FN2O2. The normalized spacial score (nSPS) is 10.2. The molecule has 0 bridgehead atoms. The summed E-state index contributed by atoms with van der Waals surface area (Å²) >= 11 is 0. The van der Waals surface area contributed by atoms with Gasteiger partial charge in [-0.05, 0) is 18.6 Å². The van der Waals surface area contributed by atoms with E-state index in [0.29, 0.717) is 18.1 Å². The molecule has 0 amide bonds. The first-order chi connectivity index (χ1) is 9.20. The fourth-order valence-corrected chi connectivity index (χ4v) is 1.50. The zero-order valence-corrected chi connectivity index (χ0v) is 10.6. The number of halogens is 1. The topological polar surface area (TPSA) is 57.4 Å². The largest absolute Gasteiger partial charge is 0.490 e. The van der Waals surface area contributed by atoms with E-state index in [1.54, 1.807) is 24.5 Å². The Balaban J connectivity index is 2.24. The van der Waals surface area contributed by atoms with Gasteiger partial charge in [0.1, 0.15) is 5.75 Å². The van der Waals surface area contributed by atoms with E-state index in [2.05, 4.69) is 4.98 Å². The Morgan fingerprint density at radius 1 is 1.32 bits per heavy atom. The first kappa shape index (κ1) is 13.1. The maximum absolute atomic E-state index is 13.6. The number of ether oxygens (including phenoxy) is 2. The van der Waals surface area contributed by atoms with Crippen LogP contribution in [0.4, 0.5) is 10.1 Å². The highest BCUT2D eigenvalue weighted by Crippen LogP contribution is 2.33. The van der Waals surface area contributed by atoms with Gasteiger partial charge in [-0.15, -0.1) is 0 Å². The lowest BCUT2D eigenvalue weighted by atomic mass is 10.2. The van der Waals surface area contributed by atoms with Crippen molar-refractivity contribution in [2.45, 2.75) is 13.3 Å². The van der Waals surface area contributed by atoms with Gasteiger partial charge in [0, 0.05) is 18.3 Å². The van der Waals surface area contributed by atoms with Crippen molar-refractivity contribution in [3.05, 3.63) is 42.5 Å². The van der Waals surface area contributed by atoms with Gasteiger partial charge in [0.2, 0.25) is 0 Å². The molecule has 2 N–H and O–H groups in total. The van der Waals surface area contributed by atoms with E-state index in [4.69, 9.17) is 15.2 Å². The van der Waals surface area contributed by atoms with Crippen LogP contribution in [0.1, 0.15) is 13.3 Å². The van der Waals surface area contributed by atoms with Crippen molar-refractivity contribution in [2.75, 3.05) is 12.3 Å². The Kier molecular flexibility index (Phi) is 4.18. The van der Waals surface area contributed by atoms with E-state index in [1.807, 2.05) is 6.92 Å². The maximum atomic E-state index is 13.6. The Labute approximate surface area is 111 Å². The highest BCUT2D eigenvalue weighted by molar-refractivity contribution is 5.57. The van der Waals surface area contributed by atoms with Crippen LogP contribution in [0.5, 0.6) is 17.2 Å². The molecule has 2 aromatic rings. The summed E-state index contributed by atoms with van der Waals surface area (Å²) in [5.74, 6) is 0.516. The summed E-state index contributed by atoms with van der Waals surface area (Å²) in [5.41, 5.74) is 5.94. The van der Waals surface area contributed by atoms with E-state index in [-0.39, 0.29) is 11.4 Å². The Bertz CT molecular complexity index is 547. The van der Waals surface area contributed by atoms with Crippen LogP contribution in [0.3, 0.4) is 0 Å². The Morgan fingerprint density at radius 2 is 2.16 bits per heavy atom. The molecule has 0 aliphatic heterocycles. The Morgan fingerprint density at radius 3 is 2.84 bits per heavy atom. The fourth-order valence-electron chi connectivity index (χ4n) is 1.50. The van der Waals surface area contributed by atoms with Crippen LogP contribution in [0.15, 0.2) is 36.7 Å². The van der Waals surface area contributed by atoms with Crippen molar-refractivity contribution in [1.82, 2.24) is 4.98 Å². The third kappa shape index (κ3) is 3.34. The summed E-state index contributed by atoms with van der Waals surface area (Å²) in [6.45, 7) is 2.38. The van der Waals surface area contributed by atoms with Crippen LogP contribution in [0.25, 0.3) is 0 Å². The summed E-state index contributed by atoms with van der Waals surface area (Å²) in [6.07, 6.45) is 3.98. The molecule has 2 rings (SSSR count). The molecule has 4 nitrogen and oxygen atoms in total. The number of anilines is 1. The van der Waals surface area contributed by atoms with Gasteiger partial charge in [-0.1, -0.05) is 6.92 Å². The smallest absolute Gasteiger partial charge is 0.167 e. The molecule has 100 valence electrons. The first-order valence-electron chi connectivity index (χ1n) is 6.00. The van der Waals surface area contributed by atoms with E-state index < -0.39 is 5.82 Å². The summed E-state index contributed by atoms with van der Waals surface area (Å²) in [4.78, 5) is 3.93. The monoisotopic (exact) mass is 262 g/mol. The highest BCUT2D eigenvalue weighted by Gasteiger charge is 2.11. The van der Waals surface area contributed by atoms with E-state index in [1.165, 1.54) is 12.1 Å². The highest BCUT2D eigenvalue weighted by atomic mass is 19.1. The quantitative estimate of drug-likeness (QED) is 0.839. The second kappa shape index (κ2) is 6.04. The molecule has 0 radical (unpaired) electrons. The number of benzene rings is 1. The van der Waals surface area contributed by atoms with Crippen molar-refractivity contribution in [2.24, 2.45) is 0 Å². The minimum absolute atomic E-state index is 0.134. The van der Waals surface area contributed by atoms with Crippen LogP contribution in [0.2, 0.25) is 0 Å². The van der Waals surface area contributed by atoms with Gasteiger partial charge in [-0.3, -0.25) is 4.98 Å². The molecule has 0 fully saturated rings. The van der Waals surface area contributed by atoms with Gasteiger partial charge in [-0.25, -0.2) is 4.39 Å². The van der Waals surface area contributed by atoms with Crippen molar-refractivity contribution < 1.29 is 13.9 Å². The third-order valence-electron chi connectivity index (χ3n) is 2.39. The van der Waals surface area contributed by atoms with Crippen molar-refractivity contribution in [1.29, 1.82) is 0 Å². The number of pyridine rings is 1. The number of nitrogens with zero attached hydrogens (tertiary/aromatic N) is 1. The SMILES string of the molecule is CCCOc1cc(Oc2cccnc2)c(N)cc1F. The molecule has 1 heterocycles. The third-order valence-corrected chi connectivity index (χ3v) is 2.39. The minimum atomic E-state index is -0.496. The van der Waals surface area contributed by atoms with Crippen molar-refractivity contribution >= 4 is 5.69 Å². The summed E-state index contributed by atoms with van der Waals surface area (Å²) in [7, 11) is 0. The molecule has 0 aliphatic rings. The minimum Gasteiger partial charge on any atom is -0.490 e. The van der Waals surface area contributed by atoms with Gasteiger partial charge in [0.05, 0.1) is 18.5 Å². The molecule has 0 unspecified atom stereocenters.